The van der Waals surface area contributed by atoms with Gasteiger partial charge in [-0.25, -0.2) is 0 Å². The summed E-state index contributed by atoms with van der Waals surface area (Å²) in [5.41, 5.74) is 0. The fourth-order valence-electron chi connectivity index (χ4n) is 0.720. The van der Waals surface area contributed by atoms with Gasteiger partial charge in [0.1, 0.15) is 0 Å². The standard InChI is InChI=1S/C7H7NO4/c1-5(8(10)11)7(9)6-3-2-4-12-6/h2-5H,1H3. The molecule has 0 fully saturated rings. The maximum absolute atomic E-state index is 11.1. The number of carbonyl (C=O) groups is 1. The Balaban J connectivity index is 2.79. The molecule has 0 spiro atoms. The average molecular weight is 169 g/mol. The van der Waals surface area contributed by atoms with Crippen molar-refractivity contribution in [2.45, 2.75) is 13.0 Å². The Bertz CT molecular complexity index is 290. The second kappa shape index (κ2) is 3.17. The smallest absolute Gasteiger partial charge is 0.275 e. The molecule has 1 unspecified atom stereocenters. The molecule has 0 radical (unpaired) electrons. The molecular weight excluding hydrogens is 162 g/mol. The first-order valence-corrected chi connectivity index (χ1v) is 3.34. The molecule has 0 aromatic carbocycles. The summed E-state index contributed by atoms with van der Waals surface area (Å²) < 4.78 is 4.71. The number of Topliss-reactive ketones (excluding diaryl/α,β-unsaturated/α-hetero) is 1. The highest BCUT2D eigenvalue weighted by Crippen LogP contribution is 2.05. The molecule has 1 rings (SSSR count). The summed E-state index contributed by atoms with van der Waals surface area (Å²) in [6, 6.07) is 1.68. The molecule has 1 atom stereocenters. The Morgan fingerprint density at radius 3 is 2.83 bits per heavy atom. The molecule has 0 N–H and O–H groups in total. The molecule has 0 aliphatic rings. The zero-order valence-electron chi connectivity index (χ0n) is 6.39. The van der Waals surface area contributed by atoms with Crippen LogP contribution in [0.1, 0.15) is 17.5 Å². The van der Waals surface area contributed by atoms with Crippen LogP contribution in [0.15, 0.2) is 22.8 Å². The van der Waals surface area contributed by atoms with Crippen LogP contribution in [0.2, 0.25) is 0 Å². The third-order valence-corrected chi connectivity index (χ3v) is 1.46. The van der Waals surface area contributed by atoms with E-state index in [4.69, 9.17) is 4.42 Å². The predicted octanol–water partition coefficient (Wildman–Crippen LogP) is 1.13. The topological polar surface area (TPSA) is 73.3 Å². The van der Waals surface area contributed by atoms with Crippen molar-refractivity contribution in [3.8, 4) is 0 Å². The van der Waals surface area contributed by atoms with Gasteiger partial charge < -0.3 is 4.42 Å². The Morgan fingerprint density at radius 1 is 1.75 bits per heavy atom. The predicted molar refractivity (Wildman–Crippen MR) is 39.5 cm³/mol. The third kappa shape index (κ3) is 1.50. The molecule has 1 aromatic rings. The van der Waals surface area contributed by atoms with E-state index >= 15 is 0 Å². The van der Waals surface area contributed by atoms with E-state index in [0.29, 0.717) is 0 Å². The van der Waals surface area contributed by atoms with Gasteiger partial charge in [-0.05, 0) is 12.1 Å². The van der Waals surface area contributed by atoms with Crippen LogP contribution in [0.4, 0.5) is 0 Å². The van der Waals surface area contributed by atoms with Gasteiger partial charge in [0.25, 0.3) is 11.8 Å². The maximum atomic E-state index is 11.1. The zero-order valence-corrected chi connectivity index (χ0v) is 6.39. The van der Waals surface area contributed by atoms with Crippen molar-refractivity contribution in [2.75, 3.05) is 0 Å². The largest absolute Gasteiger partial charge is 0.461 e. The lowest BCUT2D eigenvalue weighted by Gasteiger charge is -1.98. The van der Waals surface area contributed by atoms with Crippen molar-refractivity contribution in [3.05, 3.63) is 34.3 Å². The van der Waals surface area contributed by atoms with Gasteiger partial charge in [0.2, 0.25) is 0 Å². The van der Waals surface area contributed by atoms with Crippen molar-refractivity contribution in [2.24, 2.45) is 0 Å². The highest BCUT2D eigenvalue weighted by molar-refractivity contribution is 5.96. The van der Waals surface area contributed by atoms with Gasteiger partial charge in [-0.3, -0.25) is 14.9 Å². The van der Waals surface area contributed by atoms with Gasteiger partial charge in [0.05, 0.1) is 6.26 Å². The van der Waals surface area contributed by atoms with Crippen molar-refractivity contribution in [1.29, 1.82) is 0 Å². The van der Waals surface area contributed by atoms with Gasteiger partial charge in [-0.2, -0.15) is 0 Å². The third-order valence-electron chi connectivity index (χ3n) is 1.46. The second-order valence-electron chi connectivity index (χ2n) is 2.30. The number of hydrogen-bond acceptors (Lipinski definition) is 4. The highest BCUT2D eigenvalue weighted by atomic mass is 16.6. The summed E-state index contributed by atoms with van der Waals surface area (Å²) in [4.78, 5) is 20.6. The van der Waals surface area contributed by atoms with Crippen molar-refractivity contribution in [1.82, 2.24) is 0 Å². The van der Waals surface area contributed by atoms with E-state index in [9.17, 15) is 14.9 Å². The second-order valence-corrected chi connectivity index (χ2v) is 2.30. The summed E-state index contributed by atoms with van der Waals surface area (Å²) in [7, 11) is 0. The summed E-state index contributed by atoms with van der Waals surface area (Å²) in [5, 5.41) is 10.2. The Kier molecular flexibility index (Phi) is 2.23. The molecule has 1 aromatic heterocycles. The van der Waals surface area contributed by atoms with Crippen LogP contribution in [0.3, 0.4) is 0 Å². The number of rotatable bonds is 3. The van der Waals surface area contributed by atoms with Crippen molar-refractivity contribution >= 4 is 5.78 Å². The fourth-order valence-corrected chi connectivity index (χ4v) is 0.720. The number of nitro groups is 1. The minimum Gasteiger partial charge on any atom is -0.461 e. The SMILES string of the molecule is CC(C(=O)c1ccco1)[N+](=O)[O-]. The van der Waals surface area contributed by atoms with E-state index in [1.165, 1.54) is 25.3 Å². The maximum Gasteiger partial charge on any atom is 0.275 e. The number of carbonyl (C=O) groups excluding carboxylic acids is 1. The van der Waals surface area contributed by atoms with Gasteiger partial charge in [-0.1, -0.05) is 0 Å². The lowest BCUT2D eigenvalue weighted by molar-refractivity contribution is -0.500. The van der Waals surface area contributed by atoms with Gasteiger partial charge in [0, 0.05) is 11.8 Å². The molecule has 1 heterocycles. The molecule has 64 valence electrons. The number of nitrogens with zero attached hydrogens (tertiary/aromatic N) is 1. The molecule has 0 aliphatic heterocycles. The van der Waals surface area contributed by atoms with E-state index in [-0.39, 0.29) is 5.76 Å². The van der Waals surface area contributed by atoms with Crippen LogP contribution >= 0.6 is 0 Å². The zero-order chi connectivity index (χ0) is 9.14. The van der Waals surface area contributed by atoms with Crippen LogP contribution in [0.25, 0.3) is 0 Å². The van der Waals surface area contributed by atoms with Crippen LogP contribution in [-0.2, 0) is 0 Å². The fraction of sp³-hybridized carbons (Fsp3) is 0.286. The molecule has 0 saturated heterocycles. The van der Waals surface area contributed by atoms with Gasteiger partial charge >= 0.3 is 0 Å². The summed E-state index contributed by atoms with van der Waals surface area (Å²) >= 11 is 0. The molecule has 0 aliphatic carbocycles. The van der Waals surface area contributed by atoms with E-state index in [0.717, 1.165) is 0 Å². The molecule has 12 heavy (non-hydrogen) atoms. The Morgan fingerprint density at radius 2 is 2.42 bits per heavy atom. The lowest BCUT2D eigenvalue weighted by Crippen LogP contribution is -2.25. The first kappa shape index (κ1) is 8.45. The van der Waals surface area contributed by atoms with Crippen LogP contribution in [0, 0.1) is 10.1 Å². The van der Waals surface area contributed by atoms with Gasteiger partial charge in [0.15, 0.2) is 5.76 Å². The Hall–Kier alpha value is -1.65. The molecule has 5 nitrogen and oxygen atoms in total. The highest BCUT2D eigenvalue weighted by Gasteiger charge is 2.26. The molecule has 0 saturated carbocycles. The lowest BCUT2D eigenvalue weighted by atomic mass is 10.2. The van der Waals surface area contributed by atoms with Crippen LogP contribution in [-0.4, -0.2) is 16.7 Å². The van der Waals surface area contributed by atoms with Crippen LogP contribution < -0.4 is 0 Å². The minimum atomic E-state index is -1.24. The number of hydrogen-bond donors (Lipinski definition) is 0. The molecule has 5 heteroatoms. The average Bonchev–Trinajstić information content (AvgIpc) is 2.53. The molecule has 0 bridgehead atoms. The summed E-state index contributed by atoms with van der Waals surface area (Å²) in [5.74, 6) is -0.579. The quantitative estimate of drug-likeness (QED) is 0.386. The first-order chi connectivity index (χ1) is 5.63. The number of ketones is 1. The van der Waals surface area contributed by atoms with E-state index < -0.39 is 16.7 Å². The van der Waals surface area contributed by atoms with E-state index in [1.807, 2.05) is 0 Å². The molecule has 0 amide bonds. The van der Waals surface area contributed by atoms with Crippen molar-refractivity contribution in [3.63, 3.8) is 0 Å². The summed E-state index contributed by atoms with van der Waals surface area (Å²) in [6.45, 7) is 1.23. The monoisotopic (exact) mass is 169 g/mol. The first-order valence-electron chi connectivity index (χ1n) is 3.34. The minimum absolute atomic E-state index is 0.0270. The molecular formula is C7H7NO4. The summed E-state index contributed by atoms with van der Waals surface area (Å²) in [6.07, 6.45) is 1.31. The van der Waals surface area contributed by atoms with E-state index in [2.05, 4.69) is 0 Å². The number of furan rings is 1. The van der Waals surface area contributed by atoms with Gasteiger partial charge in [-0.15, -0.1) is 0 Å². The van der Waals surface area contributed by atoms with Crippen molar-refractivity contribution < 1.29 is 14.1 Å². The Labute approximate surface area is 68.1 Å². The normalized spacial score (nSPS) is 12.4. The van der Waals surface area contributed by atoms with E-state index in [1.54, 1.807) is 0 Å². The van der Waals surface area contributed by atoms with Crippen LogP contribution in [0.5, 0.6) is 0 Å².